The van der Waals surface area contributed by atoms with Gasteiger partial charge in [-0.15, -0.1) is 10.2 Å². The summed E-state index contributed by atoms with van der Waals surface area (Å²) in [6.07, 6.45) is 1.99. The van der Waals surface area contributed by atoms with E-state index in [1.807, 2.05) is 12.3 Å². The van der Waals surface area contributed by atoms with Crippen LogP contribution in [-0.2, 0) is 5.75 Å². The number of aryl methyl sites for hydroxylation is 1. The molecule has 0 atom stereocenters. The molecule has 0 amide bonds. The van der Waals surface area contributed by atoms with Gasteiger partial charge in [0.2, 0.25) is 0 Å². The molecule has 0 aliphatic heterocycles. The van der Waals surface area contributed by atoms with Crippen molar-refractivity contribution >= 4 is 45.8 Å². The minimum atomic E-state index is -0.308. The summed E-state index contributed by atoms with van der Waals surface area (Å²) in [6.45, 7) is 6.40. The van der Waals surface area contributed by atoms with Crippen molar-refractivity contribution < 1.29 is 4.42 Å². The molecule has 0 saturated carbocycles. The summed E-state index contributed by atoms with van der Waals surface area (Å²) in [5, 5.41) is 9.29. The third kappa shape index (κ3) is 3.68. The SMILES string of the molecule is CSc1nnc(SCc2cc(=O)oc3cc(C)c(C(C)C)cc23)s1. The number of aromatic nitrogens is 2. The van der Waals surface area contributed by atoms with E-state index in [0.717, 1.165) is 25.2 Å². The van der Waals surface area contributed by atoms with E-state index in [1.165, 1.54) is 5.56 Å². The van der Waals surface area contributed by atoms with Gasteiger partial charge in [-0.05, 0) is 47.9 Å². The average molecular weight is 379 g/mol. The summed E-state index contributed by atoms with van der Waals surface area (Å²) >= 11 is 4.77. The van der Waals surface area contributed by atoms with Crippen LogP contribution in [0.5, 0.6) is 0 Å². The maximum Gasteiger partial charge on any atom is 0.336 e. The zero-order valence-electron chi connectivity index (χ0n) is 14.0. The Kier molecular flexibility index (Phi) is 5.32. The lowest BCUT2D eigenvalue weighted by Crippen LogP contribution is -2.02. The number of hydrogen-bond acceptors (Lipinski definition) is 7. The predicted octanol–water partition coefficient (Wildman–Crippen LogP) is 5.09. The number of fused-ring (bicyclic) bond motifs is 1. The molecule has 2 heterocycles. The first-order valence-electron chi connectivity index (χ1n) is 7.55. The van der Waals surface area contributed by atoms with Gasteiger partial charge in [0.05, 0.1) is 0 Å². The number of nitrogens with zero attached hydrogens (tertiary/aromatic N) is 2. The molecular formula is C17H18N2O2S3. The van der Waals surface area contributed by atoms with Crippen LogP contribution in [0, 0.1) is 6.92 Å². The molecule has 24 heavy (non-hydrogen) atoms. The monoisotopic (exact) mass is 378 g/mol. The lowest BCUT2D eigenvalue weighted by molar-refractivity contribution is 0.559. The van der Waals surface area contributed by atoms with Crippen LogP contribution >= 0.6 is 34.9 Å². The van der Waals surface area contributed by atoms with Gasteiger partial charge >= 0.3 is 5.63 Å². The van der Waals surface area contributed by atoms with Crippen molar-refractivity contribution in [1.82, 2.24) is 10.2 Å². The molecule has 1 aromatic carbocycles. The van der Waals surface area contributed by atoms with Crippen LogP contribution in [0.2, 0.25) is 0 Å². The second-order valence-electron chi connectivity index (χ2n) is 5.78. The summed E-state index contributed by atoms with van der Waals surface area (Å²) < 4.78 is 7.26. The highest BCUT2D eigenvalue weighted by Gasteiger charge is 2.12. The number of thioether (sulfide) groups is 2. The second kappa shape index (κ2) is 7.29. The molecule has 0 saturated heterocycles. The van der Waals surface area contributed by atoms with Crippen molar-refractivity contribution in [2.75, 3.05) is 6.26 Å². The average Bonchev–Trinajstić information content (AvgIpc) is 2.99. The van der Waals surface area contributed by atoms with Crippen molar-refractivity contribution in [2.24, 2.45) is 0 Å². The molecule has 7 heteroatoms. The first kappa shape index (κ1) is 17.5. The van der Waals surface area contributed by atoms with Gasteiger partial charge in [-0.1, -0.05) is 48.7 Å². The number of benzene rings is 1. The first-order chi connectivity index (χ1) is 11.5. The Labute approximate surface area is 153 Å². The van der Waals surface area contributed by atoms with Crippen LogP contribution < -0.4 is 5.63 Å². The maximum absolute atomic E-state index is 11.9. The van der Waals surface area contributed by atoms with Crippen molar-refractivity contribution in [3.8, 4) is 0 Å². The van der Waals surface area contributed by atoms with Crippen LogP contribution in [-0.4, -0.2) is 16.5 Å². The van der Waals surface area contributed by atoms with Crippen molar-refractivity contribution in [3.05, 3.63) is 45.3 Å². The Morgan fingerprint density at radius 1 is 1.21 bits per heavy atom. The Morgan fingerprint density at radius 2 is 1.96 bits per heavy atom. The molecule has 4 nitrogen and oxygen atoms in total. The molecular weight excluding hydrogens is 360 g/mol. The third-order valence-corrected chi connectivity index (χ3v) is 6.83. The predicted molar refractivity (Wildman–Crippen MR) is 103 cm³/mol. The maximum atomic E-state index is 11.9. The van der Waals surface area contributed by atoms with Gasteiger partial charge in [0, 0.05) is 17.2 Å². The van der Waals surface area contributed by atoms with Gasteiger partial charge in [-0.2, -0.15) is 0 Å². The van der Waals surface area contributed by atoms with E-state index in [-0.39, 0.29) is 5.63 Å². The van der Waals surface area contributed by atoms with Crippen LogP contribution in [0.4, 0.5) is 0 Å². The zero-order chi connectivity index (χ0) is 17.3. The number of hydrogen-bond donors (Lipinski definition) is 0. The third-order valence-electron chi connectivity index (χ3n) is 3.75. The zero-order valence-corrected chi connectivity index (χ0v) is 16.4. The Hall–Kier alpha value is -1.31. The van der Waals surface area contributed by atoms with Gasteiger partial charge < -0.3 is 4.42 Å². The summed E-state index contributed by atoms with van der Waals surface area (Å²) in [5.41, 5.74) is 3.76. The molecule has 0 unspecified atom stereocenters. The minimum absolute atomic E-state index is 0.308. The standard InChI is InChI=1S/C17H18N2O2S3/c1-9(2)12-7-13-11(6-15(20)21-14(13)5-10(12)3)8-23-17-19-18-16(22-4)24-17/h5-7,9H,8H2,1-4H3. The Balaban J connectivity index is 1.99. The highest BCUT2D eigenvalue weighted by Crippen LogP contribution is 2.32. The van der Waals surface area contributed by atoms with E-state index in [1.54, 1.807) is 40.9 Å². The van der Waals surface area contributed by atoms with E-state index >= 15 is 0 Å². The highest BCUT2D eigenvalue weighted by molar-refractivity contribution is 8.02. The first-order valence-corrected chi connectivity index (χ1v) is 10.6. The van der Waals surface area contributed by atoms with Crippen molar-refractivity contribution in [3.63, 3.8) is 0 Å². The van der Waals surface area contributed by atoms with E-state index in [4.69, 9.17) is 4.42 Å². The molecule has 2 aromatic heterocycles. The van der Waals surface area contributed by atoms with Crippen LogP contribution in [0.3, 0.4) is 0 Å². The normalized spacial score (nSPS) is 11.5. The molecule has 0 radical (unpaired) electrons. The smallest absolute Gasteiger partial charge is 0.336 e. The Morgan fingerprint density at radius 3 is 2.62 bits per heavy atom. The van der Waals surface area contributed by atoms with Gasteiger partial charge in [0.1, 0.15) is 5.58 Å². The van der Waals surface area contributed by atoms with Crippen LogP contribution in [0.15, 0.2) is 36.1 Å². The van der Waals surface area contributed by atoms with Gasteiger partial charge in [0.25, 0.3) is 0 Å². The summed E-state index contributed by atoms with van der Waals surface area (Å²) in [7, 11) is 0. The fourth-order valence-electron chi connectivity index (χ4n) is 2.61. The lowest BCUT2D eigenvalue weighted by Gasteiger charge is -2.12. The molecule has 126 valence electrons. The Bertz CT molecular complexity index is 931. The fraction of sp³-hybridized carbons (Fsp3) is 0.353. The van der Waals surface area contributed by atoms with E-state index in [9.17, 15) is 4.79 Å². The second-order valence-corrected chi connectivity index (χ2v) is 9.03. The van der Waals surface area contributed by atoms with Crippen molar-refractivity contribution in [1.29, 1.82) is 0 Å². The van der Waals surface area contributed by atoms with Crippen molar-refractivity contribution in [2.45, 2.75) is 41.1 Å². The number of rotatable bonds is 5. The summed E-state index contributed by atoms with van der Waals surface area (Å²) in [5.74, 6) is 1.10. The minimum Gasteiger partial charge on any atom is -0.423 e. The molecule has 0 aliphatic carbocycles. The van der Waals surface area contributed by atoms with Crippen LogP contribution in [0.25, 0.3) is 11.0 Å². The molecule has 0 fully saturated rings. The molecule has 0 N–H and O–H groups in total. The van der Waals surface area contributed by atoms with E-state index < -0.39 is 0 Å². The van der Waals surface area contributed by atoms with Gasteiger partial charge in [0.15, 0.2) is 8.68 Å². The summed E-state index contributed by atoms with van der Waals surface area (Å²) in [4.78, 5) is 11.9. The van der Waals surface area contributed by atoms with Crippen LogP contribution in [0.1, 0.15) is 36.5 Å². The molecule has 0 bridgehead atoms. The summed E-state index contributed by atoms with van der Waals surface area (Å²) in [6, 6.07) is 5.71. The van der Waals surface area contributed by atoms with Gasteiger partial charge in [-0.3, -0.25) is 0 Å². The fourth-order valence-corrected chi connectivity index (χ4v) is 5.04. The topological polar surface area (TPSA) is 56.0 Å². The molecule has 3 rings (SSSR count). The molecule has 3 aromatic rings. The van der Waals surface area contributed by atoms with E-state index in [0.29, 0.717) is 17.3 Å². The quantitative estimate of drug-likeness (QED) is 0.455. The van der Waals surface area contributed by atoms with E-state index in [2.05, 4.69) is 37.0 Å². The largest absolute Gasteiger partial charge is 0.423 e. The highest BCUT2D eigenvalue weighted by atomic mass is 32.2. The molecule has 0 spiro atoms. The van der Waals surface area contributed by atoms with Gasteiger partial charge in [-0.25, -0.2) is 4.79 Å². The lowest BCUT2D eigenvalue weighted by atomic mass is 9.95. The molecule has 0 aliphatic rings.